The summed E-state index contributed by atoms with van der Waals surface area (Å²) in [6, 6.07) is 14.5. The van der Waals surface area contributed by atoms with Crippen molar-refractivity contribution in [1.29, 1.82) is 0 Å². The number of hydrogen-bond acceptors (Lipinski definition) is 4. The molecule has 0 atom stereocenters. The summed E-state index contributed by atoms with van der Waals surface area (Å²) in [7, 11) is 0. The summed E-state index contributed by atoms with van der Waals surface area (Å²) in [5.74, 6) is 0.972. The van der Waals surface area contributed by atoms with Gasteiger partial charge in [0.1, 0.15) is 5.78 Å². The van der Waals surface area contributed by atoms with E-state index < -0.39 is 5.41 Å². The van der Waals surface area contributed by atoms with Gasteiger partial charge in [0.05, 0.1) is 0 Å². The maximum atomic E-state index is 12.6. The highest BCUT2D eigenvalue weighted by Crippen LogP contribution is 2.44. The van der Waals surface area contributed by atoms with E-state index >= 15 is 0 Å². The summed E-state index contributed by atoms with van der Waals surface area (Å²) < 4.78 is 0. The standard InChI is InChI=1S/C23H24N4O/c1-22(2)14-20(28)23(3,4)18-12-9-16(13-19(18)22)6-5-15-7-10-17(11-8-15)21-24-26-27-25-21/h5-13H,14H2,1-4H3,(H,24,25,26,27). The van der Waals surface area contributed by atoms with Crippen LogP contribution in [0.4, 0.5) is 0 Å². The number of carbonyl (C=O) groups is 1. The summed E-state index contributed by atoms with van der Waals surface area (Å²) in [4.78, 5) is 12.6. The summed E-state index contributed by atoms with van der Waals surface area (Å²) in [6.45, 7) is 8.38. The van der Waals surface area contributed by atoms with Crippen LogP contribution in [0.15, 0.2) is 42.5 Å². The number of benzene rings is 2. The third-order valence-corrected chi connectivity index (χ3v) is 5.74. The molecule has 0 saturated heterocycles. The molecule has 1 N–H and O–H groups in total. The Morgan fingerprint density at radius 3 is 2.29 bits per heavy atom. The molecule has 0 spiro atoms. The van der Waals surface area contributed by atoms with E-state index in [0.29, 0.717) is 18.0 Å². The van der Waals surface area contributed by atoms with Crippen LogP contribution in [0.5, 0.6) is 0 Å². The minimum Gasteiger partial charge on any atom is -0.299 e. The van der Waals surface area contributed by atoms with Crippen molar-refractivity contribution < 1.29 is 4.79 Å². The summed E-state index contributed by atoms with van der Waals surface area (Å²) in [5, 5.41) is 13.9. The predicted octanol–water partition coefficient (Wildman–Crippen LogP) is 4.57. The third kappa shape index (κ3) is 3.17. The molecule has 1 aliphatic carbocycles. The molecule has 5 nitrogen and oxygen atoms in total. The van der Waals surface area contributed by atoms with Crippen molar-refractivity contribution in [2.24, 2.45) is 0 Å². The molecule has 1 aliphatic rings. The lowest BCUT2D eigenvalue weighted by Crippen LogP contribution is -2.41. The van der Waals surface area contributed by atoms with Crippen LogP contribution in [0.2, 0.25) is 0 Å². The first-order chi connectivity index (χ1) is 13.3. The number of nitrogens with one attached hydrogen (secondary N) is 1. The molecule has 0 amide bonds. The zero-order chi connectivity index (χ0) is 19.9. The molecule has 5 heteroatoms. The fourth-order valence-corrected chi connectivity index (χ4v) is 3.86. The van der Waals surface area contributed by atoms with Gasteiger partial charge in [-0.1, -0.05) is 68.5 Å². The van der Waals surface area contributed by atoms with Gasteiger partial charge in [-0.3, -0.25) is 4.79 Å². The zero-order valence-corrected chi connectivity index (χ0v) is 16.7. The average Bonchev–Trinajstić information content (AvgIpc) is 3.20. The lowest BCUT2D eigenvalue weighted by atomic mass is 9.62. The Morgan fingerprint density at radius 1 is 0.929 bits per heavy atom. The summed E-state index contributed by atoms with van der Waals surface area (Å²) in [6.07, 6.45) is 4.79. The number of aromatic amines is 1. The zero-order valence-electron chi connectivity index (χ0n) is 16.7. The second kappa shape index (κ2) is 6.51. The molecule has 4 rings (SSSR count). The number of rotatable bonds is 3. The van der Waals surface area contributed by atoms with Crippen LogP contribution < -0.4 is 0 Å². The summed E-state index contributed by atoms with van der Waals surface area (Å²) >= 11 is 0. The van der Waals surface area contributed by atoms with Gasteiger partial charge in [-0.2, -0.15) is 0 Å². The first kappa shape index (κ1) is 18.3. The van der Waals surface area contributed by atoms with E-state index in [2.05, 4.69) is 64.8 Å². The quantitative estimate of drug-likeness (QED) is 0.684. The monoisotopic (exact) mass is 372 g/mol. The van der Waals surface area contributed by atoms with Gasteiger partial charge in [0.2, 0.25) is 0 Å². The smallest absolute Gasteiger partial charge is 0.179 e. The van der Waals surface area contributed by atoms with E-state index in [1.54, 1.807) is 0 Å². The molecule has 0 bridgehead atoms. The van der Waals surface area contributed by atoms with Gasteiger partial charge >= 0.3 is 0 Å². The Labute approximate surface area is 164 Å². The largest absolute Gasteiger partial charge is 0.299 e. The number of ketones is 1. The van der Waals surface area contributed by atoms with Gasteiger partial charge in [0.25, 0.3) is 0 Å². The van der Waals surface area contributed by atoms with Crippen LogP contribution in [-0.2, 0) is 15.6 Å². The van der Waals surface area contributed by atoms with Crippen molar-refractivity contribution in [3.8, 4) is 11.4 Å². The topological polar surface area (TPSA) is 71.5 Å². The van der Waals surface area contributed by atoms with Crippen molar-refractivity contribution in [2.75, 3.05) is 0 Å². The Hall–Kier alpha value is -3.08. The predicted molar refractivity (Wildman–Crippen MR) is 111 cm³/mol. The number of tetrazole rings is 1. The Kier molecular flexibility index (Phi) is 4.26. The van der Waals surface area contributed by atoms with Crippen molar-refractivity contribution in [3.63, 3.8) is 0 Å². The molecule has 3 aromatic rings. The fraction of sp³-hybridized carbons (Fsp3) is 0.304. The molecule has 0 unspecified atom stereocenters. The highest BCUT2D eigenvalue weighted by molar-refractivity contribution is 5.93. The van der Waals surface area contributed by atoms with Crippen molar-refractivity contribution in [3.05, 3.63) is 64.7 Å². The molecule has 1 heterocycles. The normalized spacial score (nSPS) is 17.6. The number of fused-ring (bicyclic) bond motifs is 1. The fourth-order valence-electron chi connectivity index (χ4n) is 3.86. The van der Waals surface area contributed by atoms with Gasteiger partial charge in [0, 0.05) is 17.4 Å². The molecule has 2 aromatic carbocycles. The lowest BCUT2D eigenvalue weighted by Gasteiger charge is -2.40. The number of H-pyrrole nitrogens is 1. The van der Waals surface area contributed by atoms with Gasteiger partial charge in [-0.05, 0) is 51.9 Å². The van der Waals surface area contributed by atoms with Crippen molar-refractivity contribution >= 4 is 17.9 Å². The number of carbonyl (C=O) groups excluding carboxylic acids is 1. The highest BCUT2D eigenvalue weighted by Gasteiger charge is 2.43. The van der Waals surface area contributed by atoms with E-state index in [-0.39, 0.29) is 5.41 Å². The van der Waals surface area contributed by atoms with E-state index in [1.807, 2.05) is 38.1 Å². The molecule has 1 aromatic heterocycles. The average molecular weight is 372 g/mol. The van der Waals surface area contributed by atoms with Crippen molar-refractivity contribution in [2.45, 2.75) is 44.9 Å². The van der Waals surface area contributed by atoms with E-state index in [0.717, 1.165) is 22.3 Å². The van der Waals surface area contributed by atoms with Crippen molar-refractivity contribution in [1.82, 2.24) is 20.6 Å². The van der Waals surface area contributed by atoms with Gasteiger partial charge < -0.3 is 0 Å². The van der Waals surface area contributed by atoms with Crippen LogP contribution in [0.1, 0.15) is 56.4 Å². The Bertz CT molecular complexity index is 1040. The molecule has 0 aliphatic heterocycles. The van der Waals surface area contributed by atoms with E-state index in [9.17, 15) is 4.79 Å². The van der Waals surface area contributed by atoms with Crippen LogP contribution >= 0.6 is 0 Å². The maximum absolute atomic E-state index is 12.6. The molecule has 0 saturated carbocycles. The van der Waals surface area contributed by atoms with Gasteiger partial charge in [-0.15, -0.1) is 5.10 Å². The molecular weight excluding hydrogens is 348 g/mol. The van der Waals surface area contributed by atoms with Crippen LogP contribution in [0, 0.1) is 0 Å². The molecule has 28 heavy (non-hydrogen) atoms. The minimum atomic E-state index is -0.418. The van der Waals surface area contributed by atoms with Crippen LogP contribution in [-0.4, -0.2) is 26.4 Å². The second-order valence-electron chi connectivity index (χ2n) is 8.62. The number of nitrogens with zero attached hydrogens (tertiary/aromatic N) is 3. The third-order valence-electron chi connectivity index (χ3n) is 5.74. The summed E-state index contributed by atoms with van der Waals surface area (Å²) in [5.41, 5.74) is 5.05. The number of aromatic nitrogens is 4. The molecule has 0 radical (unpaired) electrons. The Balaban J connectivity index is 1.62. The molecular formula is C23H24N4O. The maximum Gasteiger partial charge on any atom is 0.179 e. The molecule has 0 fully saturated rings. The van der Waals surface area contributed by atoms with E-state index in [1.165, 1.54) is 5.56 Å². The highest BCUT2D eigenvalue weighted by atomic mass is 16.1. The van der Waals surface area contributed by atoms with Crippen LogP contribution in [0.3, 0.4) is 0 Å². The van der Waals surface area contributed by atoms with Gasteiger partial charge in [-0.25, -0.2) is 5.10 Å². The number of Topliss-reactive ketones (excluding diaryl/α,β-unsaturated/α-hetero) is 1. The Morgan fingerprint density at radius 2 is 1.61 bits per heavy atom. The molecule has 142 valence electrons. The number of hydrogen-bond donors (Lipinski definition) is 1. The lowest BCUT2D eigenvalue weighted by molar-refractivity contribution is -0.125. The minimum absolute atomic E-state index is 0.140. The van der Waals surface area contributed by atoms with Crippen LogP contribution in [0.25, 0.3) is 23.5 Å². The van der Waals surface area contributed by atoms with E-state index in [4.69, 9.17) is 0 Å². The second-order valence-corrected chi connectivity index (χ2v) is 8.62. The first-order valence-electron chi connectivity index (χ1n) is 9.48. The first-order valence-corrected chi connectivity index (χ1v) is 9.48. The SMILES string of the molecule is CC1(C)CC(=O)C(C)(C)c2ccc(C=Cc3ccc(-c4nnn[nH]4)cc3)cc21. The van der Waals surface area contributed by atoms with Gasteiger partial charge in [0.15, 0.2) is 5.82 Å².